The molecule has 2 N–H and O–H groups in total. The lowest BCUT2D eigenvalue weighted by atomic mass is 9.82. The molecule has 6 heteroatoms. The second kappa shape index (κ2) is 6.72. The minimum Gasteiger partial charge on any atom is -0.507 e. The van der Waals surface area contributed by atoms with Gasteiger partial charge in [0.1, 0.15) is 17.0 Å². The number of rotatable bonds is 2. The molecule has 0 spiro atoms. The summed E-state index contributed by atoms with van der Waals surface area (Å²) in [4.78, 5) is 39.9. The van der Waals surface area contributed by atoms with E-state index in [1.807, 2.05) is 33.8 Å². The summed E-state index contributed by atoms with van der Waals surface area (Å²) < 4.78 is 0. The molecule has 32 heavy (non-hydrogen) atoms. The minimum absolute atomic E-state index is 0.0212. The highest BCUT2D eigenvalue weighted by Gasteiger charge is 2.35. The number of carbonyl (C=O) groups excluding carboxylic acids is 3. The second-order valence-electron chi connectivity index (χ2n) is 8.31. The van der Waals surface area contributed by atoms with Gasteiger partial charge < -0.3 is 5.11 Å². The average Bonchev–Trinajstić information content (AvgIpc) is 3.19. The summed E-state index contributed by atoms with van der Waals surface area (Å²) in [6, 6.07) is 9.88. The van der Waals surface area contributed by atoms with Crippen LogP contribution in [0.15, 0.2) is 36.4 Å². The summed E-state index contributed by atoms with van der Waals surface area (Å²) in [5.74, 6) is -1.46. The average molecular weight is 424 g/mol. The number of H-pyrrole nitrogens is 1. The molecule has 1 aliphatic rings. The first kappa shape index (κ1) is 19.9. The van der Waals surface area contributed by atoms with Gasteiger partial charge in [-0.05, 0) is 56.0 Å². The van der Waals surface area contributed by atoms with E-state index in [0.29, 0.717) is 10.9 Å². The molecule has 5 rings (SSSR count). The predicted octanol–water partition coefficient (Wildman–Crippen LogP) is 4.51. The monoisotopic (exact) mass is 424 g/mol. The van der Waals surface area contributed by atoms with Crippen molar-refractivity contribution in [1.82, 2.24) is 10.2 Å². The molecule has 0 aliphatic heterocycles. The number of nitrogens with zero attached hydrogens (tertiary/aromatic N) is 1. The van der Waals surface area contributed by atoms with E-state index in [2.05, 4.69) is 10.2 Å². The summed E-state index contributed by atoms with van der Waals surface area (Å²) >= 11 is 0. The number of hydrogen-bond donors (Lipinski definition) is 2. The van der Waals surface area contributed by atoms with Crippen molar-refractivity contribution in [2.75, 3.05) is 0 Å². The van der Waals surface area contributed by atoms with Crippen molar-refractivity contribution in [3.63, 3.8) is 0 Å². The Hall–Kier alpha value is -4.06. The number of nitrogens with one attached hydrogen (secondary N) is 1. The molecule has 0 bridgehead atoms. The van der Waals surface area contributed by atoms with Crippen molar-refractivity contribution in [3.8, 4) is 5.75 Å². The Balaban J connectivity index is 1.77. The molecule has 0 fully saturated rings. The molecule has 0 radical (unpaired) electrons. The fourth-order valence-corrected chi connectivity index (χ4v) is 4.59. The third kappa shape index (κ3) is 2.52. The van der Waals surface area contributed by atoms with Crippen LogP contribution in [0.5, 0.6) is 5.75 Å². The van der Waals surface area contributed by atoms with Gasteiger partial charge in [0.25, 0.3) is 0 Å². The second-order valence-corrected chi connectivity index (χ2v) is 8.31. The Morgan fingerprint density at radius 2 is 1.44 bits per heavy atom. The zero-order valence-corrected chi connectivity index (χ0v) is 18.1. The lowest BCUT2D eigenvalue weighted by Crippen LogP contribution is -2.21. The van der Waals surface area contributed by atoms with Gasteiger partial charge in [-0.15, -0.1) is 0 Å². The summed E-state index contributed by atoms with van der Waals surface area (Å²) in [7, 11) is 0. The van der Waals surface area contributed by atoms with Crippen molar-refractivity contribution in [2.45, 2.75) is 27.7 Å². The highest BCUT2D eigenvalue weighted by atomic mass is 16.3. The van der Waals surface area contributed by atoms with Crippen LogP contribution in [-0.4, -0.2) is 32.7 Å². The summed E-state index contributed by atoms with van der Waals surface area (Å²) in [6.45, 7) is 7.69. The highest BCUT2D eigenvalue weighted by molar-refractivity contribution is 6.33. The van der Waals surface area contributed by atoms with Crippen LogP contribution in [0.25, 0.3) is 10.9 Å². The quantitative estimate of drug-likeness (QED) is 0.406. The SMILES string of the molecule is Cc1cc(C)c(C)c(C(=O)c2[nH]nc3c4c(c(O)cc23)C(=O)c2ccccc2C4=O)c1C. The van der Waals surface area contributed by atoms with Gasteiger partial charge in [0, 0.05) is 22.1 Å². The number of carbonyl (C=O) groups is 3. The Morgan fingerprint density at radius 1 is 0.875 bits per heavy atom. The van der Waals surface area contributed by atoms with E-state index in [4.69, 9.17) is 0 Å². The van der Waals surface area contributed by atoms with E-state index in [1.54, 1.807) is 24.3 Å². The molecule has 1 aromatic heterocycles. The van der Waals surface area contributed by atoms with Gasteiger partial charge in [-0.1, -0.05) is 30.3 Å². The summed E-state index contributed by atoms with van der Waals surface area (Å²) in [5, 5.41) is 18.1. The van der Waals surface area contributed by atoms with Crippen LogP contribution in [0, 0.1) is 27.7 Å². The van der Waals surface area contributed by atoms with Crippen LogP contribution in [0.3, 0.4) is 0 Å². The van der Waals surface area contributed by atoms with E-state index >= 15 is 0 Å². The Bertz CT molecular complexity index is 1500. The molecule has 0 saturated heterocycles. The highest BCUT2D eigenvalue weighted by Crippen LogP contribution is 2.38. The topological polar surface area (TPSA) is 100 Å². The molecular formula is C26H20N2O4. The van der Waals surface area contributed by atoms with Gasteiger partial charge in [0.15, 0.2) is 11.6 Å². The van der Waals surface area contributed by atoms with Gasteiger partial charge in [-0.3, -0.25) is 19.5 Å². The zero-order chi connectivity index (χ0) is 22.9. The summed E-state index contributed by atoms with van der Waals surface area (Å²) in [6.07, 6.45) is 0. The number of phenolic OH excluding ortho intramolecular Hbond substituents is 1. The van der Waals surface area contributed by atoms with E-state index < -0.39 is 11.6 Å². The smallest absolute Gasteiger partial charge is 0.211 e. The molecule has 1 aliphatic carbocycles. The Labute approximate surface area is 183 Å². The maximum Gasteiger partial charge on any atom is 0.211 e. The van der Waals surface area contributed by atoms with E-state index in [-0.39, 0.29) is 45.0 Å². The molecular weight excluding hydrogens is 404 g/mol. The van der Waals surface area contributed by atoms with E-state index in [0.717, 1.165) is 22.3 Å². The van der Waals surface area contributed by atoms with Gasteiger partial charge in [0.2, 0.25) is 5.78 Å². The Kier molecular flexibility index (Phi) is 4.17. The maximum absolute atomic E-state index is 13.6. The van der Waals surface area contributed by atoms with Crippen LogP contribution >= 0.6 is 0 Å². The van der Waals surface area contributed by atoms with E-state index in [1.165, 1.54) is 6.07 Å². The van der Waals surface area contributed by atoms with Crippen molar-refractivity contribution in [3.05, 3.63) is 92.2 Å². The summed E-state index contributed by atoms with van der Waals surface area (Å²) in [5.41, 5.74) is 5.11. The molecule has 158 valence electrons. The largest absolute Gasteiger partial charge is 0.507 e. The number of aromatic nitrogens is 2. The van der Waals surface area contributed by atoms with Crippen molar-refractivity contribution in [2.24, 2.45) is 0 Å². The molecule has 6 nitrogen and oxygen atoms in total. The molecule has 0 atom stereocenters. The first-order chi connectivity index (χ1) is 15.2. The maximum atomic E-state index is 13.6. The van der Waals surface area contributed by atoms with Crippen molar-refractivity contribution >= 4 is 28.3 Å². The first-order valence-electron chi connectivity index (χ1n) is 10.3. The van der Waals surface area contributed by atoms with Gasteiger partial charge in [0.05, 0.1) is 11.1 Å². The molecule has 1 heterocycles. The van der Waals surface area contributed by atoms with Crippen molar-refractivity contribution < 1.29 is 19.5 Å². The fraction of sp³-hybridized carbons (Fsp3) is 0.154. The van der Waals surface area contributed by atoms with Crippen molar-refractivity contribution in [1.29, 1.82) is 0 Å². The molecule has 4 aromatic rings. The van der Waals surface area contributed by atoms with Gasteiger partial charge in [-0.2, -0.15) is 5.10 Å². The molecule has 0 saturated carbocycles. The normalized spacial score (nSPS) is 12.8. The van der Waals surface area contributed by atoms with Crippen LogP contribution in [0.2, 0.25) is 0 Å². The molecule has 0 amide bonds. The fourth-order valence-electron chi connectivity index (χ4n) is 4.59. The lowest BCUT2D eigenvalue weighted by molar-refractivity contribution is 0.0978. The third-order valence-corrected chi connectivity index (χ3v) is 6.52. The predicted molar refractivity (Wildman–Crippen MR) is 120 cm³/mol. The third-order valence-electron chi connectivity index (χ3n) is 6.52. The standard InChI is InChI=1S/C26H20N2O4/c1-11-9-12(2)14(4)19(13(11)3)26(32)23-17-10-18(29)20-21(22(17)27-28-23)25(31)16-8-6-5-7-15(16)24(20)30/h5-10,29H,1-4H3,(H,27,28). The number of phenols is 1. The number of ketones is 3. The zero-order valence-electron chi connectivity index (χ0n) is 18.1. The first-order valence-corrected chi connectivity index (χ1v) is 10.3. The number of benzene rings is 3. The number of aromatic hydroxyl groups is 1. The minimum atomic E-state index is -0.438. The number of aromatic amines is 1. The molecule has 0 unspecified atom stereocenters. The van der Waals surface area contributed by atoms with Crippen LogP contribution < -0.4 is 0 Å². The van der Waals surface area contributed by atoms with E-state index in [9.17, 15) is 19.5 Å². The van der Waals surface area contributed by atoms with Crippen LogP contribution in [-0.2, 0) is 0 Å². The van der Waals surface area contributed by atoms with Gasteiger partial charge in [-0.25, -0.2) is 0 Å². The number of hydrogen-bond acceptors (Lipinski definition) is 5. The van der Waals surface area contributed by atoms with Gasteiger partial charge >= 0.3 is 0 Å². The number of fused-ring (bicyclic) bond motifs is 4. The van der Waals surface area contributed by atoms with Crippen LogP contribution in [0.4, 0.5) is 0 Å². The molecule has 3 aromatic carbocycles. The Morgan fingerprint density at radius 3 is 2.03 bits per heavy atom. The number of aryl methyl sites for hydroxylation is 2. The van der Waals surface area contributed by atoms with Crippen LogP contribution in [0.1, 0.15) is 70.1 Å². The lowest BCUT2D eigenvalue weighted by Gasteiger charge is -2.18.